The van der Waals surface area contributed by atoms with Gasteiger partial charge in [-0.15, -0.1) is 6.42 Å². The maximum Gasteiger partial charge on any atom is 0.328 e. The van der Waals surface area contributed by atoms with Gasteiger partial charge in [0.2, 0.25) is 0 Å². The minimum Gasteiger partial charge on any atom is -0.478 e. The van der Waals surface area contributed by atoms with Crippen molar-refractivity contribution in [3.63, 3.8) is 0 Å². The van der Waals surface area contributed by atoms with Crippen molar-refractivity contribution in [2.45, 2.75) is 0 Å². The highest BCUT2D eigenvalue weighted by atomic mass is 16.4. The first-order valence-electron chi connectivity index (χ1n) is 3.56. The number of carboxylic acid groups (broad SMARTS) is 1. The van der Waals surface area contributed by atoms with Crippen molar-refractivity contribution in [3.05, 3.63) is 35.7 Å². The van der Waals surface area contributed by atoms with E-state index in [1.54, 1.807) is 12.1 Å². The highest BCUT2D eigenvalue weighted by molar-refractivity contribution is 5.84. The lowest BCUT2D eigenvalue weighted by Crippen LogP contribution is -1.87. The lowest BCUT2D eigenvalue weighted by atomic mass is 10.2. The summed E-state index contributed by atoms with van der Waals surface area (Å²) in [6.07, 6.45) is 9.07. The van der Waals surface area contributed by atoms with E-state index in [0.29, 0.717) is 11.3 Å². The van der Waals surface area contributed by atoms with E-state index in [-0.39, 0.29) is 0 Å². The molecule has 3 nitrogen and oxygen atoms in total. The average molecular weight is 173 g/mol. The normalized spacial score (nSPS) is 9.77. The molecule has 13 heavy (non-hydrogen) atoms. The van der Waals surface area contributed by atoms with E-state index in [2.05, 4.69) is 10.9 Å². The summed E-state index contributed by atoms with van der Waals surface area (Å²) in [5.41, 5.74) is 1.24. The van der Waals surface area contributed by atoms with Gasteiger partial charge in [-0.1, -0.05) is 5.92 Å². The van der Waals surface area contributed by atoms with Crippen LogP contribution in [0.1, 0.15) is 11.3 Å². The Morgan fingerprint density at radius 1 is 1.62 bits per heavy atom. The fourth-order valence-electron chi connectivity index (χ4n) is 0.746. The van der Waals surface area contributed by atoms with E-state index in [9.17, 15) is 4.79 Å². The average Bonchev–Trinajstić information content (AvgIpc) is 2.15. The molecule has 0 spiro atoms. The molecule has 1 rings (SSSR count). The molecule has 3 heteroatoms. The third-order valence-electron chi connectivity index (χ3n) is 1.35. The van der Waals surface area contributed by atoms with Crippen molar-refractivity contribution < 1.29 is 9.90 Å². The van der Waals surface area contributed by atoms with Crippen LogP contribution in [0.15, 0.2) is 24.4 Å². The van der Waals surface area contributed by atoms with Crippen LogP contribution in [0.5, 0.6) is 0 Å². The molecule has 1 N–H and O–H groups in total. The van der Waals surface area contributed by atoms with E-state index in [1.807, 2.05) is 0 Å². The Labute approximate surface area is 75.7 Å². The number of hydrogen-bond donors (Lipinski definition) is 1. The first kappa shape index (κ1) is 9.01. The maximum absolute atomic E-state index is 10.1. The van der Waals surface area contributed by atoms with Crippen LogP contribution in [0.2, 0.25) is 0 Å². The predicted octanol–water partition coefficient (Wildman–Crippen LogP) is 1.16. The van der Waals surface area contributed by atoms with Gasteiger partial charge in [0.1, 0.15) is 0 Å². The van der Waals surface area contributed by atoms with Crippen LogP contribution in [-0.4, -0.2) is 16.1 Å². The molecule has 0 atom stereocenters. The molecular formula is C10H7NO2. The minimum absolute atomic E-state index is 0.571. The van der Waals surface area contributed by atoms with Gasteiger partial charge in [-0.3, -0.25) is 4.98 Å². The Bertz CT molecular complexity index is 371. The summed E-state index contributed by atoms with van der Waals surface area (Å²) < 4.78 is 0. The maximum atomic E-state index is 10.1. The number of terminal acetylenes is 1. The Morgan fingerprint density at radius 3 is 2.85 bits per heavy atom. The van der Waals surface area contributed by atoms with Gasteiger partial charge in [0, 0.05) is 17.8 Å². The summed E-state index contributed by atoms with van der Waals surface area (Å²) >= 11 is 0. The molecule has 0 aromatic carbocycles. The molecule has 64 valence electrons. The molecule has 0 saturated heterocycles. The highest BCUT2D eigenvalue weighted by Crippen LogP contribution is 2.00. The quantitative estimate of drug-likeness (QED) is 0.539. The number of pyridine rings is 1. The van der Waals surface area contributed by atoms with Crippen LogP contribution < -0.4 is 0 Å². The molecule has 0 radical (unpaired) electrons. The Kier molecular flexibility index (Phi) is 2.82. The molecular weight excluding hydrogens is 166 g/mol. The van der Waals surface area contributed by atoms with Gasteiger partial charge < -0.3 is 5.11 Å². The summed E-state index contributed by atoms with van der Waals surface area (Å²) in [5.74, 6) is 1.42. The second kappa shape index (κ2) is 4.07. The van der Waals surface area contributed by atoms with Gasteiger partial charge in [-0.2, -0.15) is 0 Å². The van der Waals surface area contributed by atoms with E-state index in [4.69, 9.17) is 11.5 Å². The van der Waals surface area contributed by atoms with Crippen molar-refractivity contribution in [3.8, 4) is 12.3 Å². The van der Waals surface area contributed by atoms with Crippen molar-refractivity contribution >= 4 is 12.0 Å². The smallest absolute Gasteiger partial charge is 0.328 e. The van der Waals surface area contributed by atoms with Crippen LogP contribution in [0.25, 0.3) is 6.08 Å². The fraction of sp³-hybridized carbons (Fsp3) is 0. The predicted molar refractivity (Wildman–Crippen MR) is 48.8 cm³/mol. The summed E-state index contributed by atoms with van der Waals surface area (Å²) in [5, 5.41) is 8.33. The summed E-state index contributed by atoms with van der Waals surface area (Å²) in [7, 11) is 0. The molecule has 1 heterocycles. The van der Waals surface area contributed by atoms with E-state index in [0.717, 1.165) is 6.08 Å². The topological polar surface area (TPSA) is 50.2 Å². The monoisotopic (exact) mass is 173 g/mol. The van der Waals surface area contributed by atoms with Crippen LogP contribution in [0.3, 0.4) is 0 Å². The number of rotatable bonds is 2. The molecule has 0 amide bonds. The zero-order valence-corrected chi connectivity index (χ0v) is 6.77. The van der Waals surface area contributed by atoms with Crippen molar-refractivity contribution in [1.29, 1.82) is 0 Å². The number of carboxylic acids is 1. The molecule has 0 saturated carbocycles. The molecule has 0 unspecified atom stereocenters. The summed E-state index contributed by atoms with van der Waals surface area (Å²) in [6, 6.07) is 3.36. The number of nitrogens with zero attached hydrogens (tertiary/aromatic N) is 1. The van der Waals surface area contributed by atoms with Crippen LogP contribution >= 0.6 is 0 Å². The third-order valence-corrected chi connectivity index (χ3v) is 1.35. The first-order valence-corrected chi connectivity index (χ1v) is 3.56. The van der Waals surface area contributed by atoms with Crippen LogP contribution in [-0.2, 0) is 4.79 Å². The molecule has 0 aliphatic carbocycles. The summed E-state index contributed by atoms with van der Waals surface area (Å²) in [4.78, 5) is 14.1. The van der Waals surface area contributed by atoms with E-state index in [1.165, 1.54) is 12.3 Å². The number of aliphatic carboxylic acids is 1. The van der Waals surface area contributed by atoms with E-state index < -0.39 is 5.97 Å². The number of aromatic nitrogens is 1. The standard InChI is InChI=1S/C10H7NO2/c1-2-8-3-4-9(11-7-8)5-6-10(12)13/h1,3-7H,(H,12,13). The Balaban J connectivity index is 2.82. The SMILES string of the molecule is C#Cc1ccc(C=CC(=O)O)nc1. The molecule has 0 bridgehead atoms. The molecule has 0 aliphatic rings. The molecule has 0 fully saturated rings. The van der Waals surface area contributed by atoms with Gasteiger partial charge in [-0.05, 0) is 18.2 Å². The molecule has 0 aliphatic heterocycles. The zero-order chi connectivity index (χ0) is 9.68. The second-order valence-electron chi connectivity index (χ2n) is 2.29. The van der Waals surface area contributed by atoms with Gasteiger partial charge in [-0.25, -0.2) is 4.79 Å². The Morgan fingerprint density at radius 2 is 2.38 bits per heavy atom. The van der Waals surface area contributed by atoms with E-state index >= 15 is 0 Å². The lowest BCUT2D eigenvalue weighted by molar-refractivity contribution is -0.131. The lowest BCUT2D eigenvalue weighted by Gasteiger charge is -1.91. The van der Waals surface area contributed by atoms with Crippen LogP contribution in [0.4, 0.5) is 0 Å². The van der Waals surface area contributed by atoms with Gasteiger partial charge in [0.25, 0.3) is 0 Å². The fourth-order valence-corrected chi connectivity index (χ4v) is 0.746. The first-order chi connectivity index (χ1) is 6.22. The second-order valence-corrected chi connectivity index (χ2v) is 2.29. The Hall–Kier alpha value is -2.08. The number of carbonyl (C=O) groups is 1. The minimum atomic E-state index is -0.997. The third kappa shape index (κ3) is 2.80. The summed E-state index contributed by atoms with van der Waals surface area (Å²) in [6.45, 7) is 0. The van der Waals surface area contributed by atoms with Crippen molar-refractivity contribution in [2.75, 3.05) is 0 Å². The molecule has 1 aromatic rings. The van der Waals surface area contributed by atoms with Gasteiger partial charge >= 0.3 is 5.97 Å². The van der Waals surface area contributed by atoms with Gasteiger partial charge in [0.15, 0.2) is 0 Å². The van der Waals surface area contributed by atoms with Gasteiger partial charge in [0.05, 0.1) is 5.69 Å². The molecule has 1 aromatic heterocycles. The number of hydrogen-bond acceptors (Lipinski definition) is 2. The largest absolute Gasteiger partial charge is 0.478 e. The highest BCUT2D eigenvalue weighted by Gasteiger charge is 1.90. The zero-order valence-electron chi connectivity index (χ0n) is 6.77. The van der Waals surface area contributed by atoms with Crippen molar-refractivity contribution in [2.24, 2.45) is 0 Å². The van der Waals surface area contributed by atoms with Crippen molar-refractivity contribution in [1.82, 2.24) is 4.98 Å². The van der Waals surface area contributed by atoms with Crippen LogP contribution in [0, 0.1) is 12.3 Å².